The maximum Gasteiger partial charge on any atom is 0.257 e. The molecule has 3 rings (SSSR count). The largest absolute Gasteiger partial charge is 0.472 e. The van der Waals surface area contributed by atoms with Gasteiger partial charge in [0, 0.05) is 32.2 Å². The van der Waals surface area contributed by atoms with Gasteiger partial charge in [0.25, 0.3) is 5.91 Å². The van der Waals surface area contributed by atoms with Crippen molar-refractivity contribution in [1.29, 1.82) is 0 Å². The van der Waals surface area contributed by atoms with Gasteiger partial charge in [0.05, 0.1) is 18.4 Å². The van der Waals surface area contributed by atoms with E-state index in [2.05, 4.69) is 17.1 Å². The third-order valence-corrected chi connectivity index (χ3v) is 5.18. The molecule has 24 heavy (non-hydrogen) atoms. The first-order chi connectivity index (χ1) is 11.6. The summed E-state index contributed by atoms with van der Waals surface area (Å²) >= 11 is 0. The fourth-order valence-corrected chi connectivity index (χ4v) is 3.56. The van der Waals surface area contributed by atoms with Gasteiger partial charge in [0.1, 0.15) is 6.26 Å². The first-order valence-electron chi connectivity index (χ1n) is 8.95. The SMILES string of the molecule is CC1CCC(NC(=O)CN2CCN(C(=O)c3ccoc3)CC2)CC1. The lowest BCUT2D eigenvalue weighted by Crippen LogP contribution is -2.52. The van der Waals surface area contributed by atoms with Crippen LogP contribution in [0, 0.1) is 5.92 Å². The highest BCUT2D eigenvalue weighted by atomic mass is 16.3. The van der Waals surface area contributed by atoms with E-state index in [0.29, 0.717) is 31.2 Å². The van der Waals surface area contributed by atoms with Gasteiger partial charge in [-0.2, -0.15) is 0 Å². The standard InChI is InChI=1S/C18H27N3O3/c1-14-2-4-16(5-3-14)19-17(22)12-20-7-9-21(10-8-20)18(23)15-6-11-24-13-15/h6,11,13-14,16H,2-5,7-10,12H2,1H3,(H,19,22). The summed E-state index contributed by atoms with van der Waals surface area (Å²) in [6, 6.07) is 2.03. The molecular weight excluding hydrogens is 306 g/mol. The molecule has 2 amide bonds. The molecule has 2 fully saturated rings. The van der Waals surface area contributed by atoms with Gasteiger partial charge in [-0.15, -0.1) is 0 Å². The number of carbonyl (C=O) groups excluding carboxylic acids is 2. The molecule has 1 saturated carbocycles. The van der Waals surface area contributed by atoms with Crippen LogP contribution in [0.4, 0.5) is 0 Å². The van der Waals surface area contributed by atoms with Crippen LogP contribution in [0.3, 0.4) is 0 Å². The Morgan fingerprint density at radius 2 is 1.88 bits per heavy atom. The summed E-state index contributed by atoms with van der Waals surface area (Å²) in [7, 11) is 0. The van der Waals surface area contributed by atoms with Crippen molar-refractivity contribution in [2.45, 2.75) is 38.6 Å². The molecule has 0 spiro atoms. The average molecular weight is 333 g/mol. The Kier molecular flexibility index (Phi) is 5.56. The molecule has 132 valence electrons. The smallest absolute Gasteiger partial charge is 0.257 e. The van der Waals surface area contributed by atoms with Crippen molar-refractivity contribution < 1.29 is 14.0 Å². The van der Waals surface area contributed by atoms with Gasteiger partial charge in [-0.1, -0.05) is 6.92 Å². The lowest BCUT2D eigenvalue weighted by atomic mass is 9.87. The number of hydrogen-bond acceptors (Lipinski definition) is 4. The van der Waals surface area contributed by atoms with Crippen molar-refractivity contribution >= 4 is 11.8 Å². The van der Waals surface area contributed by atoms with E-state index in [1.165, 1.54) is 25.4 Å². The van der Waals surface area contributed by atoms with Crippen LogP contribution in [0.1, 0.15) is 43.0 Å². The Bertz CT molecular complexity index is 542. The van der Waals surface area contributed by atoms with Crippen LogP contribution < -0.4 is 5.32 Å². The molecule has 2 aliphatic rings. The molecule has 6 heteroatoms. The van der Waals surface area contributed by atoms with E-state index < -0.39 is 0 Å². The van der Waals surface area contributed by atoms with Gasteiger partial charge >= 0.3 is 0 Å². The van der Waals surface area contributed by atoms with Crippen LogP contribution in [-0.4, -0.2) is 60.4 Å². The van der Waals surface area contributed by atoms with Crippen molar-refractivity contribution in [2.24, 2.45) is 5.92 Å². The van der Waals surface area contributed by atoms with Gasteiger partial charge < -0.3 is 14.6 Å². The zero-order chi connectivity index (χ0) is 16.9. The topological polar surface area (TPSA) is 65.8 Å². The number of nitrogens with zero attached hydrogens (tertiary/aromatic N) is 2. The van der Waals surface area contributed by atoms with E-state index in [9.17, 15) is 9.59 Å². The molecule has 1 aromatic rings. The highest BCUT2D eigenvalue weighted by Crippen LogP contribution is 2.23. The van der Waals surface area contributed by atoms with Crippen LogP contribution in [-0.2, 0) is 4.79 Å². The number of rotatable bonds is 4. The fraction of sp³-hybridized carbons (Fsp3) is 0.667. The third kappa shape index (κ3) is 4.38. The predicted molar refractivity (Wildman–Crippen MR) is 90.6 cm³/mol. The van der Waals surface area contributed by atoms with Gasteiger partial charge in [-0.05, 0) is 37.7 Å². The minimum Gasteiger partial charge on any atom is -0.472 e. The summed E-state index contributed by atoms with van der Waals surface area (Å²) in [5.41, 5.74) is 0.590. The van der Waals surface area contributed by atoms with Crippen molar-refractivity contribution in [3.05, 3.63) is 24.2 Å². The summed E-state index contributed by atoms with van der Waals surface area (Å²) in [5.74, 6) is 0.910. The quantitative estimate of drug-likeness (QED) is 0.911. The molecule has 0 aromatic carbocycles. The highest BCUT2D eigenvalue weighted by molar-refractivity contribution is 5.93. The van der Waals surface area contributed by atoms with E-state index >= 15 is 0 Å². The Morgan fingerprint density at radius 1 is 1.17 bits per heavy atom. The van der Waals surface area contributed by atoms with E-state index in [1.54, 1.807) is 6.07 Å². The summed E-state index contributed by atoms with van der Waals surface area (Å²) < 4.78 is 4.97. The minimum atomic E-state index is 0.00387. The number of amides is 2. The summed E-state index contributed by atoms with van der Waals surface area (Å²) in [6.45, 7) is 5.48. The first-order valence-corrected chi connectivity index (χ1v) is 8.95. The van der Waals surface area contributed by atoms with E-state index in [0.717, 1.165) is 31.8 Å². The van der Waals surface area contributed by atoms with Crippen molar-refractivity contribution in [3.63, 3.8) is 0 Å². The van der Waals surface area contributed by atoms with Crippen molar-refractivity contribution in [1.82, 2.24) is 15.1 Å². The van der Waals surface area contributed by atoms with Crippen LogP contribution in [0.15, 0.2) is 23.0 Å². The molecule has 1 saturated heterocycles. The minimum absolute atomic E-state index is 0.00387. The normalized spacial score (nSPS) is 25.5. The monoisotopic (exact) mass is 333 g/mol. The summed E-state index contributed by atoms with van der Waals surface area (Å²) in [4.78, 5) is 28.4. The molecular formula is C18H27N3O3. The molecule has 0 atom stereocenters. The lowest BCUT2D eigenvalue weighted by molar-refractivity contribution is -0.123. The molecule has 0 unspecified atom stereocenters. The van der Waals surface area contributed by atoms with Gasteiger partial charge in [0.2, 0.25) is 5.91 Å². The Labute approximate surface area is 143 Å². The van der Waals surface area contributed by atoms with Gasteiger partial charge in [-0.3, -0.25) is 14.5 Å². The molecule has 1 aromatic heterocycles. The van der Waals surface area contributed by atoms with Crippen molar-refractivity contribution in [2.75, 3.05) is 32.7 Å². The van der Waals surface area contributed by atoms with Crippen LogP contribution >= 0.6 is 0 Å². The fourth-order valence-electron chi connectivity index (χ4n) is 3.56. The Hall–Kier alpha value is -1.82. The van der Waals surface area contributed by atoms with Crippen molar-refractivity contribution in [3.8, 4) is 0 Å². The van der Waals surface area contributed by atoms with Crippen LogP contribution in [0.2, 0.25) is 0 Å². The maximum atomic E-state index is 12.2. The second-order valence-electron chi connectivity index (χ2n) is 7.10. The molecule has 1 aliphatic heterocycles. The molecule has 0 radical (unpaired) electrons. The first kappa shape index (κ1) is 17.0. The Morgan fingerprint density at radius 3 is 2.50 bits per heavy atom. The maximum absolute atomic E-state index is 12.2. The van der Waals surface area contributed by atoms with Crippen LogP contribution in [0.25, 0.3) is 0 Å². The van der Waals surface area contributed by atoms with E-state index in [4.69, 9.17) is 4.42 Å². The average Bonchev–Trinajstić information content (AvgIpc) is 3.11. The van der Waals surface area contributed by atoms with E-state index in [1.807, 2.05) is 4.90 Å². The summed E-state index contributed by atoms with van der Waals surface area (Å²) in [6.07, 6.45) is 7.60. The van der Waals surface area contributed by atoms with Gasteiger partial charge in [-0.25, -0.2) is 0 Å². The highest BCUT2D eigenvalue weighted by Gasteiger charge is 2.25. The molecule has 1 N–H and O–H groups in total. The number of carbonyl (C=O) groups is 2. The zero-order valence-corrected chi connectivity index (χ0v) is 14.4. The second-order valence-corrected chi connectivity index (χ2v) is 7.10. The van der Waals surface area contributed by atoms with Gasteiger partial charge in [0.15, 0.2) is 0 Å². The van der Waals surface area contributed by atoms with Crippen LogP contribution in [0.5, 0.6) is 0 Å². The Balaban J connectivity index is 1.39. The number of piperazine rings is 1. The number of nitrogens with one attached hydrogen (secondary N) is 1. The number of furan rings is 1. The lowest BCUT2D eigenvalue weighted by Gasteiger charge is -2.34. The second kappa shape index (κ2) is 7.83. The zero-order valence-electron chi connectivity index (χ0n) is 14.4. The molecule has 0 bridgehead atoms. The van der Waals surface area contributed by atoms with E-state index in [-0.39, 0.29) is 11.8 Å². The molecule has 2 heterocycles. The molecule has 1 aliphatic carbocycles. The molecule has 6 nitrogen and oxygen atoms in total. The third-order valence-electron chi connectivity index (χ3n) is 5.18. The predicted octanol–water partition coefficient (Wildman–Crippen LogP) is 1.73. The summed E-state index contributed by atoms with van der Waals surface area (Å²) in [5, 5.41) is 3.17. The number of hydrogen-bond donors (Lipinski definition) is 1.